The second kappa shape index (κ2) is 9.61. The van der Waals surface area contributed by atoms with E-state index in [1.165, 1.54) is 36.4 Å². The van der Waals surface area contributed by atoms with Crippen LogP contribution in [0.15, 0.2) is 52.1 Å². The molecular formula is C20H14Cl4F2N2O3. The van der Waals surface area contributed by atoms with Crippen molar-refractivity contribution in [3.05, 3.63) is 94.5 Å². The van der Waals surface area contributed by atoms with E-state index in [4.69, 9.17) is 46.4 Å². The minimum atomic E-state index is -1.78. The van der Waals surface area contributed by atoms with E-state index >= 15 is 0 Å². The monoisotopic (exact) mass is 508 g/mol. The fraction of sp³-hybridized carbons (Fsp3) is 0.200. The molecule has 1 N–H and O–H groups in total. The van der Waals surface area contributed by atoms with Gasteiger partial charge in [0.25, 0.3) is 5.56 Å². The van der Waals surface area contributed by atoms with Gasteiger partial charge in [-0.15, -0.1) is 0 Å². The first-order valence-electron chi connectivity index (χ1n) is 8.80. The smallest absolute Gasteiger partial charge is 0.333 e. The maximum atomic E-state index is 14.8. The van der Waals surface area contributed by atoms with Crippen LogP contribution >= 0.6 is 46.4 Å². The summed E-state index contributed by atoms with van der Waals surface area (Å²) in [5.74, 6) is -0.751. The van der Waals surface area contributed by atoms with Gasteiger partial charge in [-0.3, -0.25) is 13.9 Å². The number of nitrogens with zero attached hydrogens (tertiary/aromatic N) is 2. The van der Waals surface area contributed by atoms with Gasteiger partial charge >= 0.3 is 5.69 Å². The van der Waals surface area contributed by atoms with Crippen LogP contribution in [0.2, 0.25) is 20.1 Å². The molecule has 31 heavy (non-hydrogen) atoms. The van der Waals surface area contributed by atoms with Crippen LogP contribution in [0.4, 0.5) is 8.78 Å². The lowest BCUT2D eigenvalue weighted by Gasteiger charge is -2.16. The molecule has 164 valence electrons. The third-order valence-electron chi connectivity index (χ3n) is 4.55. The lowest BCUT2D eigenvalue weighted by atomic mass is 10.1. The minimum Gasteiger partial charge on any atom is -0.494 e. The molecule has 1 heterocycles. The molecule has 0 aliphatic heterocycles. The number of alkyl halides is 2. The Bertz CT molecular complexity index is 1250. The molecule has 2 unspecified atom stereocenters. The molecule has 0 fully saturated rings. The van der Waals surface area contributed by atoms with Crippen molar-refractivity contribution in [1.29, 1.82) is 0 Å². The van der Waals surface area contributed by atoms with Crippen LogP contribution in [-0.2, 0) is 13.1 Å². The highest BCUT2D eigenvalue weighted by molar-refractivity contribution is 6.42. The second-order valence-electron chi connectivity index (χ2n) is 6.63. The molecule has 2 aromatic carbocycles. The third-order valence-corrected chi connectivity index (χ3v) is 6.03. The Balaban J connectivity index is 1.92. The number of hydrogen-bond donors (Lipinski definition) is 1. The lowest BCUT2D eigenvalue weighted by Crippen LogP contribution is -2.40. The van der Waals surface area contributed by atoms with Gasteiger partial charge in [0.05, 0.1) is 39.2 Å². The first kappa shape index (κ1) is 23.6. The zero-order valence-corrected chi connectivity index (χ0v) is 18.6. The van der Waals surface area contributed by atoms with Crippen molar-refractivity contribution in [3.8, 4) is 5.88 Å². The SMILES string of the molecule is O=c1cc(O)n(CC(F)c2ccc(Cl)c(Cl)c2)c(=O)n1CC(F)c1ccc(Cl)c(Cl)c1. The molecular weight excluding hydrogens is 496 g/mol. The summed E-state index contributed by atoms with van der Waals surface area (Å²) >= 11 is 23.4. The first-order chi connectivity index (χ1) is 14.6. The molecule has 0 radical (unpaired) electrons. The molecule has 2 atom stereocenters. The van der Waals surface area contributed by atoms with E-state index in [1.54, 1.807) is 0 Å². The van der Waals surface area contributed by atoms with Crippen molar-refractivity contribution in [2.75, 3.05) is 0 Å². The van der Waals surface area contributed by atoms with Crippen LogP contribution < -0.4 is 11.2 Å². The molecule has 5 nitrogen and oxygen atoms in total. The molecule has 11 heteroatoms. The highest BCUT2D eigenvalue weighted by atomic mass is 35.5. The Morgan fingerprint density at radius 2 is 1.19 bits per heavy atom. The van der Waals surface area contributed by atoms with Gasteiger partial charge in [-0.25, -0.2) is 13.6 Å². The van der Waals surface area contributed by atoms with Gasteiger partial charge in [0.15, 0.2) is 0 Å². The number of aromatic nitrogens is 2. The summed E-state index contributed by atoms with van der Waals surface area (Å²) in [5.41, 5.74) is -1.81. The van der Waals surface area contributed by atoms with Gasteiger partial charge in [-0.2, -0.15) is 0 Å². The summed E-state index contributed by atoms with van der Waals surface area (Å²) in [7, 11) is 0. The molecule has 0 amide bonds. The number of aromatic hydroxyl groups is 1. The van der Waals surface area contributed by atoms with Crippen molar-refractivity contribution < 1.29 is 13.9 Å². The van der Waals surface area contributed by atoms with Crippen molar-refractivity contribution in [2.45, 2.75) is 25.4 Å². The Labute approximate surface area is 195 Å². The fourth-order valence-electron chi connectivity index (χ4n) is 2.89. The molecule has 0 aliphatic carbocycles. The van der Waals surface area contributed by atoms with Gasteiger partial charge in [0, 0.05) is 0 Å². The van der Waals surface area contributed by atoms with Crippen molar-refractivity contribution >= 4 is 46.4 Å². The summed E-state index contributed by atoms with van der Waals surface area (Å²) < 4.78 is 30.7. The maximum Gasteiger partial charge on any atom is 0.333 e. The van der Waals surface area contributed by atoms with Crippen LogP contribution in [0.1, 0.15) is 23.5 Å². The summed E-state index contributed by atoms with van der Waals surface area (Å²) in [6, 6.07) is 8.79. The van der Waals surface area contributed by atoms with E-state index in [1.807, 2.05) is 0 Å². The fourth-order valence-corrected chi connectivity index (χ4v) is 3.50. The number of rotatable bonds is 6. The largest absolute Gasteiger partial charge is 0.494 e. The lowest BCUT2D eigenvalue weighted by molar-refractivity contribution is 0.261. The van der Waals surface area contributed by atoms with E-state index < -0.39 is 42.6 Å². The first-order valence-corrected chi connectivity index (χ1v) is 10.3. The predicted molar refractivity (Wildman–Crippen MR) is 117 cm³/mol. The molecule has 3 rings (SSSR count). The van der Waals surface area contributed by atoms with Gasteiger partial charge in [-0.05, 0) is 35.4 Å². The summed E-state index contributed by atoms with van der Waals surface area (Å²) in [4.78, 5) is 24.9. The van der Waals surface area contributed by atoms with Crippen LogP contribution in [0.25, 0.3) is 0 Å². The zero-order chi connectivity index (χ0) is 22.9. The molecule has 0 spiro atoms. The highest BCUT2D eigenvalue weighted by Gasteiger charge is 2.20. The Morgan fingerprint density at radius 3 is 1.65 bits per heavy atom. The van der Waals surface area contributed by atoms with Crippen LogP contribution in [0.3, 0.4) is 0 Å². The van der Waals surface area contributed by atoms with E-state index in [0.717, 1.165) is 0 Å². The molecule has 0 saturated carbocycles. The van der Waals surface area contributed by atoms with E-state index in [-0.39, 0.29) is 31.2 Å². The molecule has 1 aromatic heterocycles. The highest BCUT2D eigenvalue weighted by Crippen LogP contribution is 2.29. The standard InChI is InChI=1S/C20H14Cl4F2N2O3/c21-12-3-1-10(5-14(12)23)16(25)8-27-18(29)7-19(30)28(20(27)31)9-17(26)11-2-4-13(22)15(24)6-11/h1-7,16-17,29H,8-9H2. The third kappa shape index (κ3) is 5.23. The summed E-state index contributed by atoms with van der Waals surface area (Å²) in [5, 5.41) is 10.7. The van der Waals surface area contributed by atoms with Crippen LogP contribution in [0, 0.1) is 0 Å². The van der Waals surface area contributed by atoms with Gasteiger partial charge in [0.2, 0.25) is 5.88 Å². The second-order valence-corrected chi connectivity index (χ2v) is 8.26. The number of halogens is 6. The average molecular weight is 510 g/mol. The quantitative estimate of drug-likeness (QED) is 0.460. The molecule has 0 aliphatic rings. The van der Waals surface area contributed by atoms with Crippen LogP contribution in [-0.4, -0.2) is 14.2 Å². The Morgan fingerprint density at radius 1 is 0.742 bits per heavy atom. The normalized spacial score (nSPS) is 13.2. The van der Waals surface area contributed by atoms with Crippen molar-refractivity contribution in [2.24, 2.45) is 0 Å². The van der Waals surface area contributed by atoms with E-state index in [9.17, 15) is 23.5 Å². The van der Waals surface area contributed by atoms with Crippen molar-refractivity contribution in [3.63, 3.8) is 0 Å². The number of benzene rings is 2. The minimum absolute atomic E-state index is 0.0968. The van der Waals surface area contributed by atoms with Crippen molar-refractivity contribution in [1.82, 2.24) is 9.13 Å². The predicted octanol–water partition coefficient (Wildman–Crippen LogP) is 5.75. The van der Waals surface area contributed by atoms with Gasteiger partial charge in [-0.1, -0.05) is 58.5 Å². The zero-order valence-electron chi connectivity index (χ0n) is 15.5. The van der Waals surface area contributed by atoms with Gasteiger partial charge < -0.3 is 5.11 Å². The Hall–Kier alpha value is -2.06. The van der Waals surface area contributed by atoms with E-state index in [2.05, 4.69) is 0 Å². The van der Waals surface area contributed by atoms with Crippen LogP contribution in [0.5, 0.6) is 5.88 Å². The van der Waals surface area contributed by atoms with E-state index in [0.29, 0.717) is 15.2 Å². The topological polar surface area (TPSA) is 64.2 Å². The summed E-state index contributed by atoms with van der Waals surface area (Å²) in [6.07, 6.45) is -3.55. The number of hydrogen-bond acceptors (Lipinski definition) is 3. The Kier molecular flexibility index (Phi) is 7.31. The van der Waals surface area contributed by atoms with Gasteiger partial charge in [0.1, 0.15) is 12.3 Å². The molecule has 3 aromatic rings. The summed E-state index contributed by atoms with van der Waals surface area (Å²) in [6.45, 7) is -1.30. The molecule has 0 saturated heterocycles. The average Bonchev–Trinajstić information content (AvgIpc) is 2.72. The maximum absolute atomic E-state index is 14.8. The molecule has 0 bridgehead atoms.